The molecule has 0 aliphatic heterocycles. The van der Waals surface area contributed by atoms with Crippen LogP contribution in [0.15, 0.2) is 53.1 Å². The monoisotopic (exact) mass is 312 g/mol. The SMILES string of the molecule is Cc1cc(F)cc(Nc2ncc(-c3ccc(C(=O)O)cc3)o2)c1. The Kier molecular flexibility index (Phi) is 3.80. The van der Waals surface area contributed by atoms with Crippen LogP contribution in [0.3, 0.4) is 0 Å². The van der Waals surface area contributed by atoms with Crippen LogP contribution < -0.4 is 5.32 Å². The highest BCUT2D eigenvalue weighted by Gasteiger charge is 2.09. The largest absolute Gasteiger partial charge is 0.478 e. The number of benzene rings is 2. The van der Waals surface area contributed by atoms with Crippen LogP contribution in [0.5, 0.6) is 0 Å². The van der Waals surface area contributed by atoms with Crippen LogP contribution >= 0.6 is 0 Å². The normalized spacial score (nSPS) is 10.5. The average molecular weight is 312 g/mol. The summed E-state index contributed by atoms with van der Waals surface area (Å²) in [6.45, 7) is 1.79. The lowest BCUT2D eigenvalue weighted by Crippen LogP contribution is -1.94. The van der Waals surface area contributed by atoms with Crippen molar-refractivity contribution >= 4 is 17.7 Å². The topological polar surface area (TPSA) is 75.4 Å². The molecule has 0 spiro atoms. The molecule has 3 rings (SSSR count). The first-order chi connectivity index (χ1) is 11.0. The molecular formula is C17H13FN2O3. The number of halogens is 1. The Morgan fingerprint density at radius 3 is 2.61 bits per heavy atom. The van der Waals surface area contributed by atoms with Crippen LogP contribution in [0.2, 0.25) is 0 Å². The van der Waals surface area contributed by atoms with Gasteiger partial charge in [0.15, 0.2) is 5.76 Å². The first-order valence-corrected chi connectivity index (χ1v) is 6.85. The second-order valence-corrected chi connectivity index (χ2v) is 5.05. The van der Waals surface area contributed by atoms with E-state index in [0.717, 1.165) is 5.56 Å². The number of oxazole rings is 1. The van der Waals surface area contributed by atoms with Gasteiger partial charge in [-0.25, -0.2) is 14.2 Å². The Balaban J connectivity index is 1.81. The Labute approximate surface area is 131 Å². The molecule has 0 amide bonds. The molecule has 3 aromatic rings. The fraction of sp³-hybridized carbons (Fsp3) is 0.0588. The van der Waals surface area contributed by atoms with Crippen LogP contribution in [-0.4, -0.2) is 16.1 Å². The molecule has 1 aromatic heterocycles. The molecule has 1 heterocycles. The molecule has 6 heteroatoms. The molecular weight excluding hydrogens is 299 g/mol. The van der Waals surface area contributed by atoms with Crippen molar-refractivity contribution in [1.29, 1.82) is 0 Å². The summed E-state index contributed by atoms with van der Waals surface area (Å²) in [5.41, 5.74) is 2.22. The van der Waals surface area contributed by atoms with Gasteiger partial charge in [0.1, 0.15) is 5.82 Å². The summed E-state index contributed by atoms with van der Waals surface area (Å²) in [5.74, 6) is -0.848. The van der Waals surface area contributed by atoms with Gasteiger partial charge in [0.2, 0.25) is 0 Å². The van der Waals surface area contributed by atoms with Crippen molar-refractivity contribution in [2.45, 2.75) is 6.92 Å². The van der Waals surface area contributed by atoms with E-state index in [2.05, 4.69) is 10.3 Å². The Hall–Kier alpha value is -3.15. The van der Waals surface area contributed by atoms with E-state index in [-0.39, 0.29) is 17.4 Å². The number of carboxylic acids is 1. The number of carbonyl (C=O) groups is 1. The molecule has 0 atom stereocenters. The molecule has 0 bridgehead atoms. The van der Waals surface area contributed by atoms with E-state index in [0.29, 0.717) is 17.0 Å². The standard InChI is InChI=1S/C17H13FN2O3/c1-10-6-13(18)8-14(7-10)20-17-19-9-15(23-17)11-2-4-12(5-3-11)16(21)22/h2-9H,1H3,(H,19,20)(H,21,22). The second-order valence-electron chi connectivity index (χ2n) is 5.05. The fourth-order valence-corrected chi connectivity index (χ4v) is 2.17. The summed E-state index contributed by atoms with van der Waals surface area (Å²) in [6.07, 6.45) is 1.52. The van der Waals surface area contributed by atoms with Gasteiger partial charge in [-0.3, -0.25) is 0 Å². The fourth-order valence-electron chi connectivity index (χ4n) is 2.17. The molecule has 0 aliphatic carbocycles. The number of aromatic nitrogens is 1. The summed E-state index contributed by atoms with van der Waals surface area (Å²) in [5, 5.41) is 11.8. The summed E-state index contributed by atoms with van der Waals surface area (Å²) in [4.78, 5) is 14.9. The quantitative estimate of drug-likeness (QED) is 0.754. The molecule has 0 saturated heterocycles. The van der Waals surface area contributed by atoms with Crippen LogP contribution in [0.1, 0.15) is 15.9 Å². The van der Waals surface area contributed by atoms with E-state index in [1.54, 1.807) is 25.1 Å². The van der Waals surface area contributed by atoms with Crippen molar-refractivity contribution in [3.05, 3.63) is 65.6 Å². The number of nitrogens with zero attached hydrogens (tertiary/aromatic N) is 1. The maximum Gasteiger partial charge on any atom is 0.335 e. The first kappa shape index (κ1) is 14.8. The molecule has 0 unspecified atom stereocenters. The van der Waals surface area contributed by atoms with Crippen LogP contribution in [0.25, 0.3) is 11.3 Å². The van der Waals surface area contributed by atoms with Gasteiger partial charge < -0.3 is 14.8 Å². The summed E-state index contributed by atoms with van der Waals surface area (Å²) >= 11 is 0. The maximum absolute atomic E-state index is 13.4. The number of aromatic carboxylic acids is 1. The van der Waals surface area contributed by atoms with E-state index < -0.39 is 5.97 Å². The zero-order chi connectivity index (χ0) is 16.4. The van der Waals surface area contributed by atoms with E-state index in [1.807, 2.05) is 0 Å². The predicted molar refractivity (Wildman–Crippen MR) is 83.3 cm³/mol. The number of nitrogens with one attached hydrogen (secondary N) is 1. The third-order valence-electron chi connectivity index (χ3n) is 3.22. The lowest BCUT2D eigenvalue weighted by Gasteiger charge is -2.03. The highest BCUT2D eigenvalue weighted by atomic mass is 19.1. The average Bonchev–Trinajstić information content (AvgIpc) is 2.94. The van der Waals surface area contributed by atoms with Gasteiger partial charge in [-0.05, 0) is 42.8 Å². The Morgan fingerprint density at radius 2 is 1.96 bits per heavy atom. The van der Waals surface area contributed by atoms with Crippen LogP contribution in [-0.2, 0) is 0 Å². The van der Waals surface area contributed by atoms with Gasteiger partial charge in [-0.1, -0.05) is 12.1 Å². The molecule has 0 radical (unpaired) electrons. The third kappa shape index (κ3) is 3.37. The molecule has 0 fully saturated rings. The van der Waals surface area contributed by atoms with Crippen molar-refractivity contribution in [2.75, 3.05) is 5.32 Å². The molecule has 116 valence electrons. The van der Waals surface area contributed by atoms with Crippen molar-refractivity contribution < 1.29 is 18.7 Å². The van der Waals surface area contributed by atoms with Gasteiger partial charge in [-0.2, -0.15) is 0 Å². The number of anilines is 2. The van der Waals surface area contributed by atoms with Gasteiger partial charge in [0, 0.05) is 11.3 Å². The minimum absolute atomic E-state index is 0.196. The second kappa shape index (κ2) is 5.92. The van der Waals surface area contributed by atoms with Gasteiger partial charge in [0.25, 0.3) is 6.01 Å². The molecule has 0 aliphatic rings. The zero-order valence-corrected chi connectivity index (χ0v) is 12.2. The lowest BCUT2D eigenvalue weighted by atomic mass is 10.1. The van der Waals surface area contributed by atoms with E-state index in [4.69, 9.17) is 9.52 Å². The molecule has 0 saturated carbocycles. The third-order valence-corrected chi connectivity index (χ3v) is 3.22. The number of hydrogen-bond donors (Lipinski definition) is 2. The highest BCUT2D eigenvalue weighted by Crippen LogP contribution is 2.25. The van der Waals surface area contributed by atoms with E-state index >= 15 is 0 Å². The van der Waals surface area contributed by atoms with Crippen LogP contribution in [0, 0.1) is 12.7 Å². The first-order valence-electron chi connectivity index (χ1n) is 6.85. The van der Waals surface area contributed by atoms with Crippen molar-refractivity contribution in [1.82, 2.24) is 4.98 Å². The highest BCUT2D eigenvalue weighted by molar-refractivity contribution is 5.88. The van der Waals surface area contributed by atoms with Crippen LogP contribution in [0.4, 0.5) is 16.1 Å². The van der Waals surface area contributed by atoms with Crippen molar-refractivity contribution in [3.8, 4) is 11.3 Å². The Morgan fingerprint density at radius 1 is 1.22 bits per heavy atom. The minimum Gasteiger partial charge on any atom is -0.478 e. The zero-order valence-electron chi connectivity index (χ0n) is 12.2. The van der Waals surface area contributed by atoms with Gasteiger partial charge >= 0.3 is 5.97 Å². The summed E-state index contributed by atoms with van der Waals surface area (Å²) < 4.78 is 18.9. The number of rotatable bonds is 4. The van der Waals surface area contributed by atoms with E-state index in [1.165, 1.54) is 30.5 Å². The number of hydrogen-bond acceptors (Lipinski definition) is 4. The number of carboxylic acid groups (broad SMARTS) is 1. The molecule has 23 heavy (non-hydrogen) atoms. The van der Waals surface area contributed by atoms with Crippen molar-refractivity contribution in [3.63, 3.8) is 0 Å². The molecule has 2 aromatic carbocycles. The summed E-state index contributed by atoms with van der Waals surface area (Å²) in [7, 11) is 0. The predicted octanol–water partition coefficient (Wildman–Crippen LogP) is 4.23. The van der Waals surface area contributed by atoms with E-state index in [9.17, 15) is 9.18 Å². The van der Waals surface area contributed by atoms with Gasteiger partial charge in [0.05, 0.1) is 11.8 Å². The lowest BCUT2D eigenvalue weighted by molar-refractivity contribution is 0.0697. The summed E-state index contributed by atoms with van der Waals surface area (Å²) in [6, 6.07) is 11.0. The Bertz CT molecular complexity index is 836. The smallest absolute Gasteiger partial charge is 0.335 e. The maximum atomic E-state index is 13.4. The molecule has 2 N–H and O–H groups in total. The van der Waals surface area contributed by atoms with Crippen molar-refractivity contribution in [2.24, 2.45) is 0 Å². The molecule has 5 nitrogen and oxygen atoms in total. The minimum atomic E-state index is -0.988. The van der Waals surface area contributed by atoms with Gasteiger partial charge in [-0.15, -0.1) is 0 Å². The number of aryl methyl sites for hydroxylation is 1.